The molecule has 194 valence electrons. The van der Waals surface area contributed by atoms with E-state index in [4.69, 9.17) is 23.2 Å². The summed E-state index contributed by atoms with van der Waals surface area (Å²) >= 11 is 14.1. The molecule has 1 N–H and O–H groups in total. The van der Waals surface area contributed by atoms with Crippen molar-refractivity contribution in [3.63, 3.8) is 0 Å². The zero-order chi connectivity index (χ0) is 26.2. The van der Waals surface area contributed by atoms with Gasteiger partial charge < -0.3 is 10.2 Å². The van der Waals surface area contributed by atoms with Crippen LogP contribution in [0.25, 0.3) is 0 Å². The molecule has 3 aromatic rings. The van der Waals surface area contributed by atoms with Gasteiger partial charge in [0.1, 0.15) is 6.04 Å². The fourth-order valence-electron chi connectivity index (χ4n) is 4.62. The summed E-state index contributed by atoms with van der Waals surface area (Å²) in [4.78, 5) is 30.2. The number of nitrogens with zero attached hydrogens (tertiary/aromatic N) is 1. The molecule has 1 fully saturated rings. The molecule has 1 aliphatic rings. The number of benzene rings is 3. The van der Waals surface area contributed by atoms with Gasteiger partial charge >= 0.3 is 0 Å². The Morgan fingerprint density at radius 2 is 1.70 bits per heavy atom. The van der Waals surface area contributed by atoms with Gasteiger partial charge in [0.25, 0.3) is 0 Å². The molecule has 0 heterocycles. The molecule has 1 aliphatic carbocycles. The van der Waals surface area contributed by atoms with E-state index in [0.29, 0.717) is 16.5 Å². The maximum atomic E-state index is 13.8. The molecule has 0 radical (unpaired) electrons. The Morgan fingerprint density at radius 3 is 2.38 bits per heavy atom. The first-order valence-electron chi connectivity index (χ1n) is 12.7. The van der Waals surface area contributed by atoms with Crippen molar-refractivity contribution in [2.24, 2.45) is 0 Å². The van der Waals surface area contributed by atoms with Crippen molar-refractivity contribution in [3.05, 3.63) is 99.5 Å². The van der Waals surface area contributed by atoms with Crippen LogP contribution in [0.4, 0.5) is 0 Å². The van der Waals surface area contributed by atoms with E-state index in [1.807, 2.05) is 67.6 Å². The summed E-state index contributed by atoms with van der Waals surface area (Å²) in [6, 6.07) is 22.7. The highest BCUT2D eigenvalue weighted by Gasteiger charge is 2.32. The smallest absolute Gasteiger partial charge is 0.243 e. The van der Waals surface area contributed by atoms with Gasteiger partial charge in [-0.2, -0.15) is 0 Å². The number of carbonyl (C=O) groups is 2. The number of aryl methyl sites for hydroxylation is 1. The molecule has 0 spiro atoms. The van der Waals surface area contributed by atoms with E-state index >= 15 is 0 Å². The monoisotopic (exact) mass is 554 g/mol. The SMILES string of the molecule is Cc1ccc(SCC(=O)N(Cc2ccc(Cl)cc2Cl)C(Cc2ccccc2)C(=O)NC2CCCC2)cc1. The Morgan fingerprint density at radius 1 is 1.00 bits per heavy atom. The second-order valence-corrected chi connectivity index (χ2v) is 11.4. The molecule has 0 bridgehead atoms. The van der Waals surface area contributed by atoms with Crippen LogP contribution in [0.3, 0.4) is 0 Å². The number of hydrogen-bond acceptors (Lipinski definition) is 3. The maximum absolute atomic E-state index is 13.8. The van der Waals surface area contributed by atoms with Crippen molar-refractivity contribution in [2.45, 2.75) is 62.6 Å². The summed E-state index contributed by atoms with van der Waals surface area (Å²) in [6.07, 6.45) is 4.61. The largest absolute Gasteiger partial charge is 0.352 e. The van der Waals surface area contributed by atoms with Crippen molar-refractivity contribution in [1.82, 2.24) is 10.2 Å². The average molecular weight is 556 g/mol. The number of halogens is 2. The number of rotatable bonds is 10. The number of thioether (sulfide) groups is 1. The normalized spacial score (nSPS) is 14.4. The Hall–Kier alpha value is -2.47. The molecule has 1 saturated carbocycles. The lowest BCUT2D eigenvalue weighted by atomic mass is 10.0. The van der Waals surface area contributed by atoms with Gasteiger partial charge in [-0.05, 0) is 55.2 Å². The Labute approximate surface area is 233 Å². The first kappa shape index (κ1) is 27.6. The van der Waals surface area contributed by atoms with Crippen LogP contribution in [-0.2, 0) is 22.6 Å². The zero-order valence-corrected chi connectivity index (χ0v) is 23.3. The van der Waals surface area contributed by atoms with Crippen molar-refractivity contribution >= 4 is 46.8 Å². The Bertz CT molecular complexity index is 1200. The standard InChI is InChI=1S/C30H32Cl2N2O2S/c1-21-11-15-26(16-12-21)37-20-29(35)34(19-23-13-14-24(31)18-27(23)32)28(17-22-7-3-2-4-8-22)30(36)33-25-9-5-6-10-25/h2-4,7-8,11-16,18,25,28H,5-6,9-10,17,19-20H2,1H3,(H,33,36). The number of amides is 2. The van der Waals surface area contributed by atoms with E-state index in [1.165, 1.54) is 17.3 Å². The van der Waals surface area contributed by atoms with Gasteiger partial charge in [0.05, 0.1) is 5.75 Å². The minimum Gasteiger partial charge on any atom is -0.352 e. The molecule has 4 nitrogen and oxygen atoms in total. The lowest BCUT2D eigenvalue weighted by molar-refractivity contribution is -0.139. The van der Waals surface area contributed by atoms with Gasteiger partial charge in [0.2, 0.25) is 11.8 Å². The van der Waals surface area contributed by atoms with Crippen LogP contribution in [-0.4, -0.2) is 34.6 Å². The van der Waals surface area contributed by atoms with E-state index in [-0.39, 0.29) is 30.2 Å². The fraction of sp³-hybridized carbons (Fsp3) is 0.333. The quantitative estimate of drug-likeness (QED) is 0.272. The fourth-order valence-corrected chi connectivity index (χ4v) is 5.87. The summed E-state index contributed by atoms with van der Waals surface area (Å²) < 4.78 is 0. The maximum Gasteiger partial charge on any atom is 0.243 e. The first-order valence-corrected chi connectivity index (χ1v) is 14.4. The first-order chi connectivity index (χ1) is 17.9. The van der Waals surface area contributed by atoms with Crippen LogP contribution in [0, 0.1) is 6.92 Å². The number of nitrogens with one attached hydrogen (secondary N) is 1. The van der Waals surface area contributed by atoms with Crippen LogP contribution >= 0.6 is 35.0 Å². The summed E-state index contributed by atoms with van der Waals surface area (Å²) in [5.41, 5.74) is 2.92. The molecule has 37 heavy (non-hydrogen) atoms. The van der Waals surface area contributed by atoms with Crippen LogP contribution in [0.1, 0.15) is 42.4 Å². The third-order valence-electron chi connectivity index (χ3n) is 6.71. The van der Waals surface area contributed by atoms with E-state index < -0.39 is 6.04 Å². The van der Waals surface area contributed by atoms with E-state index in [9.17, 15) is 9.59 Å². The Balaban J connectivity index is 1.63. The number of carbonyl (C=O) groups excluding carboxylic acids is 2. The van der Waals surface area contributed by atoms with Crippen LogP contribution in [0.15, 0.2) is 77.7 Å². The lowest BCUT2D eigenvalue weighted by Crippen LogP contribution is -2.52. The molecule has 3 aromatic carbocycles. The van der Waals surface area contributed by atoms with Crippen molar-refractivity contribution in [3.8, 4) is 0 Å². The van der Waals surface area contributed by atoms with Crippen molar-refractivity contribution in [2.75, 3.05) is 5.75 Å². The predicted molar refractivity (Wildman–Crippen MR) is 153 cm³/mol. The van der Waals surface area contributed by atoms with Crippen LogP contribution in [0.2, 0.25) is 10.0 Å². The minimum absolute atomic E-state index is 0.112. The van der Waals surface area contributed by atoms with Crippen molar-refractivity contribution in [1.29, 1.82) is 0 Å². The van der Waals surface area contributed by atoms with Gasteiger partial charge in [-0.3, -0.25) is 9.59 Å². The molecule has 1 atom stereocenters. The van der Waals surface area contributed by atoms with Gasteiger partial charge in [0, 0.05) is 33.9 Å². The van der Waals surface area contributed by atoms with Gasteiger partial charge in [0.15, 0.2) is 0 Å². The molecule has 4 rings (SSSR count). The topological polar surface area (TPSA) is 49.4 Å². The van der Waals surface area contributed by atoms with Crippen LogP contribution < -0.4 is 5.32 Å². The third kappa shape index (κ3) is 8.00. The highest BCUT2D eigenvalue weighted by Crippen LogP contribution is 2.26. The average Bonchev–Trinajstić information content (AvgIpc) is 3.40. The van der Waals surface area contributed by atoms with E-state index in [1.54, 1.807) is 17.0 Å². The molecular formula is C30H32Cl2N2O2S. The van der Waals surface area contributed by atoms with Gasteiger partial charge in [-0.1, -0.05) is 90.1 Å². The summed E-state index contributed by atoms with van der Waals surface area (Å²) in [6.45, 7) is 2.26. The molecule has 7 heteroatoms. The molecule has 0 saturated heterocycles. The summed E-state index contributed by atoms with van der Waals surface area (Å²) in [5.74, 6) is -0.00961. The lowest BCUT2D eigenvalue weighted by Gasteiger charge is -2.32. The highest BCUT2D eigenvalue weighted by atomic mass is 35.5. The second kappa shape index (κ2) is 13.4. The molecule has 2 amide bonds. The van der Waals surface area contributed by atoms with Crippen molar-refractivity contribution < 1.29 is 9.59 Å². The zero-order valence-electron chi connectivity index (χ0n) is 21.0. The number of hydrogen-bond donors (Lipinski definition) is 1. The predicted octanol–water partition coefficient (Wildman–Crippen LogP) is 7.09. The Kier molecular flexibility index (Phi) is 9.95. The summed E-state index contributed by atoms with van der Waals surface area (Å²) in [7, 11) is 0. The molecule has 1 unspecified atom stereocenters. The molecule has 0 aliphatic heterocycles. The van der Waals surface area contributed by atoms with Gasteiger partial charge in [-0.15, -0.1) is 11.8 Å². The second-order valence-electron chi connectivity index (χ2n) is 9.55. The third-order valence-corrected chi connectivity index (χ3v) is 8.30. The minimum atomic E-state index is -0.666. The molecule has 0 aromatic heterocycles. The van der Waals surface area contributed by atoms with Crippen LogP contribution in [0.5, 0.6) is 0 Å². The van der Waals surface area contributed by atoms with Gasteiger partial charge in [-0.25, -0.2) is 0 Å². The summed E-state index contributed by atoms with van der Waals surface area (Å²) in [5, 5.41) is 4.24. The van der Waals surface area contributed by atoms with E-state index in [2.05, 4.69) is 5.32 Å². The van der Waals surface area contributed by atoms with E-state index in [0.717, 1.165) is 41.7 Å². The highest BCUT2D eigenvalue weighted by molar-refractivity contribution is 8.00. The molecular weight excluding hydrogens is 523 g/mol.